The van der Waals surface area contributed by atoms with Gasteiger partial charge in [-0.25, -0.2) is 4.39 Å². The number of hydrogen-bond donors (Lipinski definition) is 1. The molecule has 3 nitrogen and oxygen atoms in total. The molecule has 5 heteroatoms. The molecule has 2 fully saturated rings. The lowest BCUT2D eigenvalue weighted by Gasteiger charge is -2.34. The molecule has 1 aromatic heterocycles. The van der Waals surface area contributed by atoms with E-state index in [1.807, 2.05) is 12.1 Å². The fourth-order valence-corrected chi connectivity index (χ4v) is 4.12. The van der Waals surface area contributed by atoms with E-state index in [9.17, 15) is 4.39 Å². The molecule has 2 aromatic rings. The van der Waals surface area contributed by atoms with Crippen molar-refractivity contribution in [2.24, 2.45) is 5.41 Å². The number of hydrogen-bond acceptors (Lipinski definition) is 3. The van der Waals surface area contributed by atoms with Gasteiger partial charge in [-0.05, 0) is 68.1 Å². The van der Waals surface area contributed by atoms with Crippen LogP contribution in [-0.2, 0) is 6.54 Å². The Morgan fingerprint density at radius 2 is 2.04 bits per heavy atom. The minimum atomic E-state index is -0.161. The van der Waals surface area contributed by atoms with Crippen LogP contribution in [0.1, 0.15) is 24.8 Å². The van der Waals surface area contributed by atoms with Crippen molar-refractivity contribution in [1.29, 1.82) is 0 Å². The number of nitrogens with zero attached hydrogens (tertiary/aromatic N) is 2. The van der Waals surface area contributed by atoms with Crippen LogP contribution in [-0.4, -0.2) is 36.1 Å². The van der Waals surface area contributed by atoms with Crippen LogP contribution < -0.4 is 5.32 Å². The van der Waals surface area contributed by atoms with E-state index < -0.39 is 0 Å². The molecule has 3 heterocycles. The van der Waals surface area contributed by atoms with Crippen molar-refractivity contribution in [1.82, 2.24) is 15.2 Å². The molecule has 0 saturated carbocycles. The molecule has 124 valence electrons. The second-order valence-corrected chi connectivity index (χ2v) is 6.85. The predicted octanol–water partition coefficient (Wildman–Crippen LogP) is 3.37. The number of fused-ring (bicyclic) bond motifs is 1. The lowest BCUT2D eigenvalue weighted by Crippen LogP contribution is -2.38. The number of benzene rings is 1. The van der Waals surface area contributed by atoms with Crippen molar-refractivity contribution in [2.45, 2.75) is 25.8 Å². The quantitative estimate of drug-likeness (QED) is 0.912. The third-order valence-electron chi connectivity index (χ3n) is 5.32. The molecule has 0 bridgehead atoms. The van der Waals surface area contributed by atoms with E-state index in [0.717, 1.165) is 49.2 Å². The summed E-state index contributed by atoms with van der Waals surface area (Å²) in [5.41, 5.74) is 2.44. The summed E-state index contributed by atoms with van der Waals surface area (Å²) in [6.07, 6.45) is 5.61. The van der Waals surface area contributed by atoms with Crippen LogP contribution in [0.4, 0.5) is 4.39 Å². The lowest BCUT2D eigenvalue weighted by atomic mass is 9.78. The average Bonchev–Trinajstić information content (AvgIpc) is 2.90. The van der Waals surface area contributed by atoms with E-state index in [-0.39, 0.29) is 18.2 Å². The van der Waals surface area contributed by atoms with E-state index in [0.29, 0.717) is 5.41 Å². The van der Waals surface area contributed by atoms with Gasteiger partial charge in [0.2, 0.25) is 0 Å². The average molecular weight is 336 g/mol. The second kappa shape index (κ2) is 6.71. The number of rotatable bonds is 2. The van der Waals surface area contributed by atoms with Gasteiger partial charge in [-0.3, -0.25) is 9.88 Å². The molecule has 0 amide bonds. The first-order valence-electron chi connectivity index (χ1n) is 8.20. The van der Waals surface area contributed by atoms with Gasteiger partial charge in [-0.15, -0.1) is 12.4 Å². The molecule has 0 aliphatic carbocycles. The highest BCUT2D eigenvalue weighted by atomic mass is 35.5. The first-order chi connectivity index (χ1) is 10.7. The summed E-state index contributed by atoms with van der Waals surface area (Å²) < 4.78 is 13.9. The molecule has 0 radical (unpaired) electrons. The number of pyridine rings is 1. The maximum absolute atomic E-state index is 13.9. The van der Waals surface area contributed by atoms with Gasteiger partial charge in [-0.1, -0.05) is 6.07 Å². The molecule has 2 aliphatic rings. The Balaban J connectivity index is 0.00000156. The Hall–Kier alpha value is -1.23. The molecule has 1 aromatic carbocycles. The summed E-state index contributed by atoms with van der Waals surface area (Å²) in [7, 11) is 0. The van der Waals surface area contributed by atoms with Gasteiger partial charge in [-0.2, -0.15) is 0 Å². The first kappa shape index (κ1) is 16.6. The van der Waals surface area contributed by atoms with Gasteiger partial charge in [0, 0.05) is 24.7 Å². The second-order valence-electron chi connectivity index (χ2n) is 6.85. The zero-order chi connectivity index (χ0) is 15.0. The molecule has 1 spiro atoms. The van der Waals surface area contributed by atoms with Crippen LogP contribution in [0.2, 0.25) is 0 Å². The van der Waals surface area contributed by atoms with Crippen LogP contribution in [0.3, 0.4) is 0 Å². The van der Waals surface area contributed by atoms with Crippen LogP contribution in [0.25, 0.3) is 10.9 Å². The zero-order valence-corrected chi connectivity index (χ0v) is 14.0. The topological polar surface area (TPSA) is 28.2 Å². The van der Waals surface area contributed by atoms with Gasteiger partial charge in [0.1, 0.15) is 5.82 Å². The molecular weight excluding hydrogens is 313 g/mol. The van der Waals surface area contributed by atoms with Crippen LogP contribution in [0.15, 0.2) is 30.5 Å². The Morgan fingerprint density at radius 1 is 1.22 bits per heavy atom. The molecule has 4 rings (SSSR count). The van der Waals surface area contributed by atoms with Crippen molar-refractivity contribution in [3.05, 3.63) is 41.8 Å². The molecule has 0 atom stereocenters. The van der Waals surface area contributed by atoms with Crippen molar-refractivity contribution in [3.8, 4) is 0 Å². The van der Waals surface area contributed by atoms with Crippen LogP contribution in [0, 0.1) is 11.2 Å². The van der Waals surface area contributed by atoms with Crippen molar-refractivity contribution in [2.75, 3.05) is 26.2 Å². The van der Waals surface area contributed by atoms with Gasteiger partial charge in [0.25, 0.3) is 0 Å². The fraction of sp³-hybridized carbons (Fsp3) is 0.500. The number of nitrogens with one attached hydrogen (secondary N) is 1. The largest absolute Gasteiger partial charge is 0.317 e. The highest BCUT2D eigenvalue weighted by Gasteiger charge is 2.38. The fourth-order valence-electron chi connectivity index (χ4n) is 4.12. The lowest BCUT2D eigenvalue weighted by molar-refractivity contribution is 0.194. The number of halogens is 2. The SMILES string of the molecule is Cl.Fc1cc(CN2CCC3(CCNCC3)C2)c2ncccc2c1. The minimum Gasteiger partial charge on any atom is -0.317 e. The maximum atomic E-state index is 13.9. The molecular formula is C18H23ClFN3. The summed E-state index contributed by atoms with van der Waals surface area (Å²) in [5.74, 6) is -0.161. The van der Waals surface area contributed by atoms with Crippen LogP contribution in [0.5, 0.6) is 0 Å². The third-order valence-corrected chi connectivity index (χ3v) is 5.32. The third kappa shape index (κ3) is 3.35. The summed E-state index contributed by atoms with van der Waals surface area (Å²) in [6, 6.07) is 7.03. The standard InChI is InChI=1S/C18H22FN3.ClH/c19-16-10-14-2-1-6-21-17(14)15(11-16)12-22-9-5-18(13-22)3-7-20-8-4-18;/h1-2,6,10-11,20H,3-5,7-9,12-13H2;1H. The van der Waals surface area contributed by atoms with E-state index in [1.54, 1.807) is 18.3 Å². The van der Waals surface area contributed by atoms with E-state index in [1.165, 1.54) is 19.3 Å². The molecule has 1 N–H and O–H groups in total. The zero-order valence-electron chi connectivity index (χ0n) is 13.2. The summed E-state index contributed by atoms with van der Waals surface area (Å²) >= 11 is 0. The molecule has 23 heavy (non-hydrogen) atoms. The Kier molecular flexibility index (Phi) is 4.85. The van der Waals surface area contributed by atoms with E-state index in [2.05, 4.69) is 15.2 Å². The molecule has 2 aliphatic heterocycles. The van der Waals surface area contributed by atoms with Crippen molar-refractivity contribution >= 4 is 23.3 Å². The normalized spacial score (nSPS) is 20.7. The number of aromatic nitrogens is 1. The molecule has 0 unspecified atom stereocenters. The van der Waals surface area contributed by atoms with Crippen LogP contribution >= 0.6 is 12.4 Å². The molecule has 2 saturated heterocycles. The minimum absolute atomic E-state index is 0. The summed E-state index contributed by atoms with van der Waals surface area (Å²) in [6.45, 7) is 5.33. The van der Waals surface area contributed by atoms with Gasteiger partial charge in [0.15, 0.2) is 0 Å². The van der Waals surface area contributed by atoms with Crippen molar-refractivity contribution in [3.63, 3.8) is 0 Å². The van der Waals surface area contributed by atoms with Gasteiger partial charge in [0.05, 0.1) is 5.52 Å². The van der Waals surface area contributed by atoms with Gasteiger partial charge >= 0.3 is 0 Å². The highest BCUT2D eigenvalue weighted by molar-refractivity contribution is 5.85. The number of likely N-dealkylation sites (tertiary alicyclic amines) is 1. The number of piperidine rings is 1. The predicted molar refractivity (Wildman–Crippen MR) is 93.4 cm³/mol. The Bertz CT molecular complexity index is 685. The van der Waals surface area contributed by atoms with E-state index in [4.69, 9.17) is 0 Å². The monoisotopic (exact) mass is 335 g/mol. The maximum Gasteiger partial charge on any atom is 0.124 e. The Morgan fingerprint density at radius 3 is 2.87 bits per heavy atom. The smallest absolute Gasteiger partial charge is 0.124 e. The van der Waals surface area contributed by atoms with Crippen molar-refractivity contribution < 1.29 is 4.39 Å². The highest BCUT2D eigenvalue weighted by Crippen LogP contribution is 2.39. The van der Waals surface area contributed by atoms with Gasteiger partial charge < -0.3 is 5.32 Å². The van der Waals surface area contributed by atoms with E-state index >= 15 is 0 Å². The summed E-state index contributed by atoms with van der Waals surface area (Å²) in [5, 5.41) is 4.35. The summed E-state index contributed by atoms with van der Waals surface area (Å²) in [4.78, 5) is 6.95. The first-order valence-corrected chi connectivity index (χ1v) is 8.20. The Labute approximate surface area is 142 Å².